The summed E-state index contributed by atoms with van der Waals surface area (Å²) in [4.78, 5) is 38.4. The largest absolute Gasteiger partial charge is 0.507 e. The van der Waals surface area contributed by atoms with Gasteiger partial charge in [0.25, 0.3) is 5.56 Å². The van der Waals surface area contributed by atoms with Gasteiger partial charge in [-0.1, -0.05) is 101 Å². The van der Waals surface area contributed by atoms with E-state index < -0.39 is 94.9 Å². The molecule has 2 aliphatic heterocycles. The smallest absolute Gasteiger partial charge is 0.265 e. The number of hydrogen-bond donors (Lipinski definition) is 7. The monoisotopic (exact) mass is 810 g/mol. The van der Waals surface area contributed by atoms with Gasteiger partial charge in [-0.05, 0) is 44.4 Å². The van der Waals surface area contributed by atoms with Crippen LogP contribution in [0.5, 0.6) is 5.75 Å². The van der Waals surface area contributed by atoms with Gasteiger partial charge in [-0.2, -0.15) is 0 Å². The van der Waals surface area contributed by atoms with E-state index in [4.69, 9.17) is 14.2 Å². The zero-order valence-electron chi connectivity index (χ0n) is 34.9. The number of amides is 1. The van der Waals surface area contributed by atoms with Gasteiger partial charge in [0.15, 0.2) is 5.78 Å². The first kappa shape index (κ1) is 48.1. The van der Waals surface area contributed by atoms with Crippen LogP contribution in [0.1, 0.15) is 65.2 Å². The predicted octanol–water partition coefficient (Wildman–Crippen LogP) is 3.09. The van der Waals surface area contributed by atoms with Gasteiger partial charge in [0, 0.05) is 38.2 Å². The van der Waals surface area contributed by atoms with E-state index >= 15 is 0 Å². The molecule has 58 heavy (non-hydrogen) atoms. The number of Topliss-reactive ketones (excluding diaryl/α,β-unsaturated/α-hetero) is 1. The van der Waals surface area contributed by atoms with Crippen LogP contribution < -0.4 is 10.9 Å². The zero-order valence-corrected chi connectivity index (χ0v) is 34.9. The van der Waals surface area contributed by atoms with Gasteiger partial charge >= 0.3 is 0 Å². The molecule has 11 atom stereocenters. The highest BCUT2D eigenvalue weighted by Crippen LogP contribution is 2.44. The summed E-state index contributed by atoms with van der Waals surface area (Å²) in [5.74, 6) is -5.51. The lowest BCUT2D eigenvalue weighted by Crippen LogP contribution is -2.69. The minimum absolute atomic E-state index is 0.0818. The summed E-state index contributed by atoms with van der Waals surface area (Å²) < 4.78 is 19.0. The van der Waals surface area contributed by atoms with Crippen LogP contribution in [-0.2, 0) is 26.1 Å². The second-order valence-corrected chi connectivity index (χ2v) is 15.5. The van der Waals surface area contributed by atoms with Gasteiger partial charge < -0.3 is 54.7 Å². The molecule has 2 fully saturated rings. The van der Waals surface area contributed by atoms with Gasteiger partial charge in [-0.15, -0.1) is 0 Å². The van der Waals surface area contributed by atoms with Crippen molar-refractivity contribution in [3.05, 3.63) is 112 Å². The van der Waals surface area contributed by atoms with Gasteiger partial charge in [0.2, 0.25) is 11.7 Å². The Morgan fingerprint density at radius 3 is 2.31 bits per heavy atom. The Kier molecular flexibility index (Phi) is 17.5. The molecule has 1 amide bonds. The van der Waals surface area contributed by atoms with E-state index in [2.05, 4.69) is 5.32 Å². The molecule has 0 aliphatic carbocycles. The molecule has 14 heteroatoms. The summed E-state index contributed by atoms with van der Waals surface area (Å²) in [7, 11) is 3.01. The van der Waals surface area contributed by atoms with Crippen molar-refractivity contribution in [3.8, 4) is 5.75 Å². The number of carbonyl (C=O) groups is 2. The number of ketones is 1. The minimum atomic E-state index is -2.34. The first-order valence-corrected chi connectivity index (χ1v) is 19.5. The summed E-state index contributed by atoms with van der Waals surface area (Å²) in [6.07, 6.45) is 13.0. The third kappa shape index (κ3) is 10.9. The van der Waals surface area contributed by atoms with Crippen molar-refractivity contribution in [2.45, 2.75) is 110 Å². The molecular formula is C44H62N2O12. The van der Waals surface area contributed by atoms with E-state index in [1.54, 1.807) is 81.5 Å². The lowest BCUT2D eigenvalue weighted by molar-refractivity contribution is -0.359. The molecule has 0 radical (unpaired) electrons. The highest BCUT2D eigenvalue weighted by molar-refractivity contribution is 6.09. The average molecular weight is 811 g/mol. The van der Waals surface area contributed by atoms with Crippen LogP contribution in [0.4, 0.5) is 0 Å². The Hall–Kier alpha value is -4.25. The van der Waals surface area contributed by atoms with Crippen molar-refractivity contribution in [2.24, 2.45) is 24.3 Å². The first-order chi connectivity index (χ1) is 27.3. The molecule has 0 saturated carbocycles. The first-order valence-electron chi connectivity index (χ1n) is 19.5. The van der Waals surface area contributed by atoms with Gasteiger partial charge in [-0.3, -0.25) is 14.4 Å². The van der Waals surface area contributed by atoms with E-state index in [0.29, 0.717) is 0 Å². The topological polar surface area (TPSA) is 217 Å². The van der Waals surface area contributed by atoms with E-state index in [1.807, 2.05) is 26.8 Å². The third-order valence-electron chi connectivity index (χ3n) is 11.0. The van der Waals surface area contributed by atoms with E-state index in [0.717, 1.165) is 5.57 Å². The van der Waals surface area contributed by atoms with Gasteiger partial charge in [-0.25, -0.2) is 0 Å². The maximum atomic E-state index is 13.3. The molecule has 320 valence electrons. The normalized spacial score (nSPS) is 29.9. The Labute approximate surface area is 340 Å². The maximum absolute atomic E-state index is 13.3. The number of hydrogen-bond acceptors (Lipinski definition) is 12. The van der Waals surface area contributed by atoms with E-state index in [-0.39, 0.29) is 24.1 Å². The molecule has 0 bridgehead atoms. The van der Waals surface area contributed by atoms with Crippen molar-refractivity contribution in [3.63, 3.8) is 0 Å². The number of rotatable bonds is 17. The fourth-order valence-corrected chi connectivity index (χ4v) is 7.27. The SMILES string of the molecule is C/C=C/C=C/[C@@H]1O[C@](O)([C@@H](CC)C(=O)NC/C=C/C=C(\C)[C@@H](OC)[C@@H](C)[C@@H]2O[C@H](/C=C/C=C/C=C(\C)C(=O)c3c(O)ccn(C)c3=O)[C@H](O)[C@@H]2O)[C@H](O)[C@H](O)C1(C)C. The predicted molar refractivity (Wildman–Crippen MR) is 220 cm³/mol. The Balaban J connectivity index is 1.61. The highest BCUT2D eigenvalue weighted by atomic mass is 16.7. The third-order valence-corrected chi connectivity index (χ3v) is 11.0. The molecule has 0 unspecified atom stereocenters. The fraction of sp³-hybridized carbons (Fsp3) is 0.523. The summed E-state index contributed by atoms with van der Waals surface area (Å²) in [5, 5.41) is 68.0. The molecule has 1 aromatic rings. The van der Waals surface area contributed by atoms with Gasteiger partial charge in [0.1, 0.15) is 35.7 Å². The Morgan fingerprint density at radius 1 is 1.00 bits per heavy atom. The maximum Gasteiger partial charge on any atom is 0.265 e. The number of aliphatic hydroxyl groups excluding tert-OH is 4. The average Bonchev–Trinajstić information content (AvgIpc) is 3.46. The van der Waals surface area contributed by atoms with Crippen LogP contribution in [-0.4, -0.2) is 115 Å². The molecule has 0 aromatic carbocycles. The second kappa shape index (κ2) is 21.1. The summed E-state index contributed by atoms with van der Waals surface area (Å²) in [6.45, 7) is 12.2. The van der Waals surface area contributed by atoms with Crippen LogP contribution >= 0.6 is 0 Å². The van der Waals surface area contributed by atoms with Crippen molar-refractivity contribution < 1.29 is 54.4 Å². The summed E-state index contributed by atoms with van der Waals surface area (Å²) in [6, 6.07) is 1.27. The van der Waals surface area contributed by atoms with Crippen LogP contribution in [0.3, 0.4) is 0 Å². The highest BCUT2D eigenvalue weighted by Gasteiger charge is 2.60. The number of carbonyl (C=O) groups excluding carboxylic acids is 2. The minimum Gasteiger partial charge on any atom is -0.507 e. The molecular weight excluding hydrogens is 748 g/mol. The molecule has 2 aliphatic rings. The molecule has 7 N–H and O–H groups in total. The number of aromatic hydroxyl groups is 1. The van der Waals surface area contributed by atoms with Crippen LogP contribution in [0.15, 0.2) is 101 Å². The van der Waals surface area contributed by atoms with E-state index in [9.17, 15) is 45.0 Å². The fourth-order valence-electron chi connectivity index (χ4n) is 7.27. The van der Waals surface area contributed by atoms with Crippen molar-refractivity contribution >= 4 is 11.7 Å². The lowest BCUT2D eigenvalue weighted by atomic mass is 9.71. The van der Waals surface area contributed by atoms with E-state index in [1.165, 1.54) is 44.0 Å². The molecule has 3 rings (SSSR count). The standard InChI is InChI=1S/C44H62N2O12/c1-10-12-14-22-32-43(6,7)39(51)40(52)44(55,58-32)29(11-2)41(53)45-24-18-17-20-27(4)37(56-9)28(5)38-36(50)35(49)31(57-38)21-16-13-15-19-26(3)34(48)33-30(47)23-25-46(8)42(33)54/h10,12-23,25,28-29,31-32,35-40,47,49-52,55H,11,24H2,1-9H3,(H,45,53)/b12-10+,15-13+,18-17+,21-16+,22-14+,26-19+,27-20+/t28-,29+,31-,32+,35+,36+,37-,38+,39+,40-,44-/m1/s1. The second-order valence-electron chi connectivity index (χ2n) is 15.5. The molecule has 0 spiro atoms. The summed E-state index contributed by atoms with van der Waals surface area (Å²) >= 11 is 0. The number of aliphatic hydroxyl groups is 5. The molecule has 14 nitrogen and oxygen atoms in total. The van der Waals surface area contributed by atoms with Crippen LogP contribution in [0.25, 0.3) is 0 Å². The van der Waals surface area contributed by atoms with Crippen LogP contribution in [0.2, 0.25) is 0 Å². The zero-order chi connectivity index (χ0) is 43.5. The van der Waals surface area contributed by atoms with Crippen molar-refractivity contribution in [2.75, 3.05) is 13.7 Å². The van der Waals surface area contributed by atoms with Crippen molar-refractivity contribution in [1.29, 1.82) is 0 Å². The van der Waals surface area contributed by atoms with Crippen LogP contribution in [0, 0.1) is 17.3 Å². The quantitative estimate of drug-likeness (QED) is 0.0687. The van der Waals surface area contributed by atoms with Gasteiger partial charge in [0.05, 0.1) is 30.3 Å². The Morgan fingerprint density at radius 2 is 1.67 bits per heavy atom. The molecule has 2 saturated heterocycles. The summed E-state index contributed by atoms with van der Waals surface area (Å²) in [5.41, 5.74) is -0.881. The number of nitrogens with zero attached hydrogens (tertiary/aromatic N) is 1. The number of nitrogens with one attached hydrogen (secondary N) is 1. The number of ether oxygens (including phenoxy) is 3. The number of pyridine rings is 1. The lowest BCUT2D eigenvalue weighted by Gasteiger charge is -2.53. The number of aromatic nitrogens is 1. The van der Waals surface area contributed by atoms with Crippen molar-refractivity contribution in [1.82, 2.24) is 9.88 Å². The number of aryl methyl sites for hydroxylation is 1. The number of methoxy groups -OCH3 is 1. The molecule has 3 heterocycles. The Bertz CT molecular complexity index is 1860. The number of allylic oxidation sites excluding steroid dienone is 10. The molecule has 1 aromatic heterocycles.